The third-order valence-corrected chi connectivity index (χ3v) is 7.49. The van der Waals surface area contributed by atoms with Crippen LogP contribution in [0.25, 0.3) is 0 Å². The van der Waals surface area contributed by atoms with E-state index in [9.17, 15) is 22.1 Å². The molecular weight excluding hydrogens is 436 g/mol. The summed E-state index contributed by atoms with van der Waals surface area (Å²) in [7, 11) is 0. The van der Waals surface area contributed by atoms with E-state index in [4.69, 9.17) is 11.6 Å². The lowest BCUT2D eigenvalue weighted by molar-refractivity contribution is -0.160. The third-order valence-electron chi connectivity index (χ3n) is 4.58. The van der Waals surface area contributed by atoms with Crippen molar-refractivity contribution in [2.24, 2.45) is 0 Å². The van der Waals surface area contributed by atoms with Crippen molar-refractivity contribution in [3.8, 4) is 0 Å². The van der Waals surface area contributed by atoms with Gasteiger partial charge < -0.3 is 4.55 Å². The van der Waals surface area contributed by atoms with E-state index in [0.717, 1.165) is 17.4 Å². The molecule has 28 heavy (non-hydrogen) atoms. The van der Waals surface area contributed by atoms with Gasteiger partial charge in [-0.1, -0.05) is 17.7 Å². The van der Waals surface area contributed by atoms with E-state index in [1.54, 1.807) is 20.8 Å². The second kappa shape index (κ2) is 7.43. The van der Waals surface area contributed by atoms with Crippen LogP contribution in [0.15, 0.2) is 23.6 Å². The number of alkyl halides is 3. The first-order valence-electron chi connectivity index (χ1n) is 8.51. The minimum Gasteiger partial charge on any atom is -0.598 e. The summed E-state index contributed by atoms with van der Waals surface area (Å²) in [5.74, 6) is -0.617. The largest absolute Gasteiger partial charge is 0.598 e. The second-order valence-electron chi connectivity index (χ2n) is 7.76. The fourth-order valence-corrected chi connectivity index (χ4v) is 4.80. The summed E-state index contributed by atoms with van der Waals surface area (Å²) >= 11 is 5.27. The molecule has 3 nitrogen and oxygen atoms in total. The molecular formula is C18H19ClF4N2OS2. The zero-order chi connectivity index (χ0) is 20.9. The van der Waals surface area contributed by atoms with Gasteiger partial charge in [-0.15, -0.1) is 16.1 Å². The Morgan fingerprint density at radius 1 is 1.29 bits per heavy atom. The Morgan fingerprint density at radius 3 is 2.43 bits per heavy atom. The third kappa shape index (κ3) is 4.18. The maximum atomic E-state index is 13.6. The first-order chi connectivity index (χ1) is 12.8. The smallest absolute Gasteiger partial charge is 0.400 e. The molecule has 2 aromatic rings. The summed E-state index contributed by atoms with van der Waals surface area (Å²) in [6.45, 7) is 5.29. The molecule has 0 saturated heterocycles. The maximum Gasteiger partial charge on any atom is 0.400 e. The number of hydrogen-bond acceptors (Lipinski definition) is 4. The van der Waals surface area contributed by atoms with Gasteiger partial charge in [0.05, 0.1) is 10.7 Å². The van der Waals surface area contributed by atoms with Crippen LogP contribution in [0.5, 0.6) is 0 Å². The Labute approximate surface area is 172 Å². The minimum absolute atomic E-state index is 0.00319. The summed E-state index contributed by atoms with van der Waals surface area (Å²) in [5, 5.41) is 1.39. The average Bonchev–Trinajstić information content (AvgIpc) is 3.26. The van der Waals surface area contributed by atoms with Crippen molar-refractivity contribution < 1.29 is 22.1 Å². The molecule has 10 heteroatoms. The highest BCUT2D eigenvalue weighted by Crippen LogP contribution is 2.59. The first kappa shape index (κ1) is 21.8. The summed E-state index contributed by atoms with van der Waals surface area (Å²) in [5.41, 5.74) is -1.11. The fourth-order valence-electron chi connectivity index (χ4n) is 2.66. The molecule has 1 aromatic carbocycles. The quantitative estimate of drug-likeness (QED) is 0.467. The summed E-state index contributed by atoms with van der Waals surface area (Å²) in [6.07, 6.45) is -4.34. The van der Waals surface area contributed by atoms with Gasteiger partial charge in [0, 0.05) is 16.7 Å². The molecule has 1 unspecified atom stereocenters. The molecule has 154 valence electrons. The lowest BCUT2D eigenvalue weighted by atomic mass is 10.0. The van der Waals surface area contributed by atoms with Gasteiger partial charge in [-0.3, -0.25) is 0 Å². The SMILES string of the molecule is CC(C)(C)[S+]([O-])N[C@H](c1ccc(F)c(Cl)c1)c1csc(C2(C(F)(F)F)CC2)n1. The molecule has 2 atom stereocenters. The Hall–Kier alpha value is -0.870. The van der Waals surface area contributed by atoms with Crippen LogP contribution in [0, 0.1) is 5.82 Å². The molecule has 1 heterocycles. The van der Waals surface area contributed by atoms with Gasteiger partial charge in [0.25, 0.3) is 0 Å². The van der Waals surface area contributed by atoms with Gasteiger partial charge >= 0.3 is 6.18 Å². The van der Waals surface area contributed by atoms with Gasteiger partial charge in [0.2, 0.25) is 0 Å². The van der Waals surface area contributed by atoms with Crippen molar-refractivity contribution in [2.45, 2.75) is 56.0 Å². The number of nitrogens with one attached hydrogen (secondary N) is 1. The molecule has 1 aliphatic carbocycles. The fraction of sp³-hybridized carbons (Fsp3) is 0.500. The predicted molar refractivity (Wildman–Crippen MR) is 103 cm³/mol. The topological polar surface area (TPSA) is 48.0 Å². The van der Waals surface area contributed by atoms with Crippen molar-refractivity contribution in [1.29, 1.82) is 0 Å². The van der Waals surface area contributed by atoms with Crippen LogP contribution >= 0.6 is 22.9 Å². The monoisotopic (exact) mass is 454 g/mol. The molecule has 0 spiro atoms. The van der Waals surface area contributed by atoms with Crippen LogP contribution in [-0.2, 0) is 16.8 Å². The molecule has 0 amide bonds. The summed E-state index contributed by atoms with van der Waals surface area (Å²) in [6, 6.07) is 3.20. The molecule has 1 fully saturated rings. The van der Waals surface area contributed by atoms with E-state index in [1.807, 2.05) is 0 Å². The molecule has 0 aliphatic heterocycles. The standard InChI is InChI=1S/C18H19ClF4N2OS2/c1-16(2,3)28(26)25-14(10-4-5-12(20)11(19)8-10)13-9-27-15(24-13)17(6-7-17)18(21,22)23/h4-5,8-9,14,25H,6-7H2,1-3H3/t14-,28?/m1/s1. The maximum absolute atomic E-state index is 13.6. The van der Waals surface area contributed by atoms with E-state index in [-0.39, 0.29) is 22.9 Å². The summed E-state index contributed by atoms with van der Waals surface area (Å²) in [4.78, 5) is 4.24. The Kier molecular flexibility index (Phi) is 5.79. The average molecular weight is 455 g/mol. The molecule has 0 radical (unpaired) electrons. The van der Waals surface area contributed by atoms with Crippen molar-refractivity contribution in [1.82, 2.24) is 9.71 Å². The molecule has 1 aromatic heterocycles. The van der Waals surface area contributed by atoms with Gasteiger partial charge in [0.15, 0.2) is 0 Å². The molecule has 1 N–H and O–H groups in total. The van der Waals surface area contributed by atoms with Crippen molar-refractivity contribution in [3.05, 3.63) is 50.7 Å². The van der Waals surface area contributed by atoms with Crippen LogP contribution in [0.4, 0.5) is 17.6 Å². The second-order valence-corrected chi connectivity index (χ2v) is 11.0. The lowest BCUT2D eigenvalue weighted by Gasteiger charge is -2.27. The minimum atomic E-state index is -4.36. The molecule has 0 bridgehead atoms. The first-order valence-corrected chi connectivity index (χ1v) is 10.9. The van der Waals surface area contributed by atoms with Gasteiger partial charge in [0.1, 0.15) is 27.0 Å². The zero-order valence-corrected chi connectivity index (χ0v) is 17.8. The predicted octanol–water partition coefficient (Wildman–Crippen LogP) is 5.67. The van der Waals surface area contributed by atoms with E-state index < -0.39 is 39.6 Å². The number of rotatable bonds is 5. The van der Waals surface area contributed by atoms with Gasteiger partial charge in [-0.2, -0.15) is 13.2 Å². The van der Waals surface area contributed by atoms with Crippen molar-refractivity contribution in [2.75, 3.05) is 0 Å². The Bertz CT molecular complexity index is 862. The van der Waals surface area contributed by atoms with E-state index >= 15 is 0 Å². The van der Waals surface area contributed by atoms with Crippen LogP contribution in [-0.4, -0.2) is 20.5 Å². The molecule has 1 aliphatic rings. The number of nitrogens with zero attached hydrogens (tertiary/aromatic N) is 1. The number of benzene rings is 1. The molecule has 1 saturated carbocycles. The van der Waals surface area contributed by atoms with Crippen molar-refractivity contribution >= 4 is 34.3 Å². The van der Waals surface area contributed by atoms with E-state index in [0.29, 0.717) is 11.3 Å². The number of halogens is 5. The highest BCUT2D eigenvalue weighted by molar-refractivity contribution is 7.90. The van der Waals surface area contributed by atoms with E-state index in [2.05, 4.69) is 9.71 Å². The van der Waals surface area contributed by atoms with Crippen LogP contribution in [0.1, 0.15) is 55.9 Å². The lowest BCUT2D eigenvalue weighted by Crippen LogP contribution is -2.41. The van der Waals surface area contributed by atoms with Crippen molar-refractivity contribution in [3.63, 3.8) is 0 Å². The van der Waals surface area contributed by atoms with Crippen LogP contribution in [0.3, 0.4) is 0 Å². The zero-order valence-electron chi connectivity index (χ0n) is 15.4. The number of hydrogen-bond donors (Lipinski definition) is 1. The van der Waals surface area contributed by atoms with E-state index in [1.165, 1.54) is 17.5 Å². The number of aromatic nitrogens is 1. The van der Waals surface area contributed by atoms with Crippen LogP contribution < -0.4 is 4.72 Å². The van der Waals surface area contributed by atoms with Gasteiger partial charge in [-0.05, 0) is 51.3 Å². The highest BCUT2D eigenvalue weighted by Gasteiger charge is 2.66. The van der Waals surface area contributed by atoms with Gasteiger partial charge in [-0.25, -0.2) is 9.37 Å². The Balaban J connectivity index is 1.99. The molecule has 3 rings (SSSR count). The Morgan fingerprint density at radius 2 is 1.93 bits per heavy atom. The highest BCUT2D eigenvalue weighted by atomic mass is 35.5. The van der Waals surface area contributed by atoms with Crippen LogP contribution in [0.2, 0.25) is 5.02 Å². The normalized spacial score (nSPS) is 18.8. The number of thiazole rings is 1. The summed E-state index contributed by atoms with van der Waals surface area (Å²) < 4.78 is 68.8.